The van der Waals surface area contributed by atoms with Crippen LogP contribution in [0.25, 0.3) is 0 Å². The molecule has 6 heteroatoms. The molecule has 1 fully saturated rings. The molecule has 6 nitrogen and oxygen atoms in total. The van der Waals surface area contributed by atoms with Gasteiger partial charge in [-0.3, -0.25) is 14.3 Å². The molecule has 1 aliphatic rings. The summed E-state index contributed by atoms with van der Waals surface area (Å²) in [5, 5.41) is 10.2. The summed E-state index contributed by atoms with van der Waals surface area (Å²) in [5.41, 5.74) is 0.162. The average Bonchev–Trinajstić information content (AvgIpc) is 2.55. The fourth-order valence-electron chi connectivity index (χ4n) is 3.02. The van der Waals surface area contributed by atoms with Crippen molar-refractivity contribution in [3.05, 3.63) is 69.0 Å². The molecule has 0 saturated heterocycles. The minimum Gasteiger partial charge on any atom is -0.391 e. The van der Waals surface area contributed by atoms with Crippen molar-refractivity contribution >= 4 is 0 Å². The van der Waals surface area contributed by atoms with Crippen LogP contribution < -0.4 is 11.2 Å². The van der Waals surface area contributed by atoms with E-state index in [0.717, 1.165) is 12.0 Å². The number of hydrogen-bond acceptors (Lipinski definition) is 4. The molecule has 3 atom stereocenters. The smallest absolute Gasteiger partial charge is 0.328 e. The average molecular weight is 316 g/mol. The molecule has 0 amide bonds. The molecule has 1 aromatic heterocycles. The summed E-state index contributed by atoms with van der Waals surface area (Å²) in [6, 6.07) is 10.8. The lowest BCUT2D eigenvalue weighted by Gasteiger charge is -2.34. The number of nitrogens with one attached hydrogen (secondary N) is 1. The molecule has 1 aromatic carbocycles. The van der Waals surface area contributed by atoms with E-state index in [9.17, 15) is 14.7 Å². The van der Waals surface area contributed by atoms with E-state index in [2.05, 4.69) is 4.98 Å². The van der Waals surface area contributed by atoms with Crippen LogP contribution >= 0.6 is 0 Å². The van der Waals surface area contributed by atoms with Crippen LogP contribution in [0.3, 0.4) is 0 Å². The summed E-state index contributed by atoms with van der Waals surface area (Å²) in [6.45, 7) is 0.509. The lowest BCUT2D eigenvalue weighted by Crippen LogP contribution is -2.41. The number of H-pyrrole nitrogens is 1. The summed E-state index contributed by atoms with van der Waals surface area (Å²) in [6.07, 6.45) is 2.66. The van der Waals surface area contributed by atoms with Gasteiger partial charge in [0.25, 0.3) is 5.56 Å². The molecule has 2 aromatic rings. The highest BCUT2D eigenvalue weighted by molar-refractivity contribution is 5.13. The molecule has 23 heavy (non-hydrogen) atoms. The SMILES string of the molecule is O=c1ccn([C@@H]2C[C@@H](OCc3ccccc3)CC[C@H]2O)c(=O)[nH]1. The molecule has 1 aliphatic carbocycles. The number of aromatic nitrogens is 2. The highest BCUT2D eigenvalue weighted by Crippen LogP contribution is 2.30. The molecule has 122 valence electrons. The van der Waals surface area contributed by atoms with Crippen LogP contribution in [-0.2, 0) is 11.3 Å². The fourth-order valence-corrected chi connectivity index (χ4v) is 3.02. The van der Waals surface area contributed by atoms with Gasteiger partial charge in [-0.05, 0) is 24.8 Å². The summed E-state index contributed by atoms with van der Waals surface area (Å²) in [4.78, 5) is 25.3. The van der Waals surface area contributed by atoms with Gasteiger partial charge in [0.2, 0.25) is 0 Å². The van der Waals surface area contributed by atoms with Crippen molar-refractivity contribution in [2.45, 2.75) is 44.1 Å². The Balaban J connectivity index is 1.69. The maximum absolute atomic E-state index is 11.9. The molecule has 0 spiro atoms. The second-order valence-electron chi connectivity index (χ2n) is 5.88. The Hall–Kier alpha value is -2.18. The number of nitrogens with zero attached hydrogens (tertiary/aromatic N) is 1. The first-order valence-corrected chi connectivity index (χ1v) is 7.78. The number of benzene rings is 1. The molecule has 2 N–H and O–H groups in total. The zero-order valence-corrected chi connectivity index (χ0v) is 12.7. The van der Waals surface area contributed by atoms with Gasteiger partial charge in [-0.25, -0.2) is 4.79 Å². The Morgan fingerprint density at radius 1 is 1.17 bits per heavy atom. The minimum absolute atomic E-state index is 0.0255. The highest BCUT2D eigenvalue weighted by Gasteiger charge is 2.31. The Morgan fingerprint density at radius 3 is 2.70 bits per heavy atom. The summed E-state index contributed by atoms with van der Waals surface area (Å²) < 4.78 is 7.33. The normalized spacial score (nSPS) is 24.5. The van der Waals surface area contributed by atoms with Gasteiger partial charge in [-0.1, -0.05) is 30.3 Å². The van der Waals surface area contributed by atoms with Crippen molar-refractivity contribution in [1.82, 2.24) is 9.55 Å². The molecule has 0 radical (unpaired) electrons. The van der Waals surface area contributed by atoms with Crippen LogP contribution in [0.4, 0.5) is 0 Å². The summed E-state index contributed by atoms with van der Waals surface area (Å²) in [7, 11) is 0. The molecule has 0 bridgehead atoms. The van der Waals surface area contributed by atoms with E-state index in [-0.39, 0.29) is 12.1 Å². The van der Waals surface area contributed by atoms with Crippen LogP contribution in [0.2, 0.25) is 0 Å². The van der Waals surface area contributed by atoms with E-state index in [1.807, 2.05) is 30.3 Å². The van der Waals surface area contributed by atoms with Crippen molar-refractivity contribution in [3.63, 3.8) is 0 Å². The minimum atomic E-state index is -0.616. The molecule has 3 rings (SSSR count). The number of hydrogen-bond donors (Lipinski definition) is 2. The first-order chi connectivity index (χ1) is 11.1. The highest BCUT2D eigenvalue weighted by atomic mass is 16.5. The van der Waals surface area contributed by atoms with Crippen LogP contribution in [0.15, 0.2) is 52.2 Å². The van der Waals surface area contributed by atoms with E-state index in [1.165, 1.54) is 16.8 Å². The second kappa shape index (κ2) is 6.93. The summed E-state index contributed by atoms with van der Waals surface area (Å²) in [5.74, 6) is 0. The topological polar surface area (TPSA) is 84.3 Å². The Bertz CT molecular complexity index is 753. The van der Waals surface area contributed by atoms with Crippen molar-refractivity contribution in [3.8, 4) is 0 Å². The third kappa shape index (κ3) is 3.78. The second-order valence-corrected chi connectivity index (χ2v) is 5.88. The number of ether oxygens (including phenoxy) is 1. The fraction of sp³-hybridized carbons (Fsp3) is 0.412. The standard InChI is InChI=1S/C17H20N2O4/c20-15-7-6-13(23-11-12-4-2-1-3-5-12)10-14(15)19-9-8-16(21)18-17(19)22/h1-5,8-9,13-15,20H,6-7,10-11H2,(H,18,21,22)/t13-,14+,15+/m0/s1. The van der Waals surface area contributed by atoms with E-state index >= 15 is 0 Å². The monoisotopic (exact) mass is 316 g/mol. The van der Waals surface area contributed by atoms with Gasteiger partial charge >= 0.3 is 5.69 Å². The van der Waals surface area contributed by atoms with Gasteiger partial charge in [-0.15, -0.1) is 0 Å². The van der Waals surface area contributed by atoms with Crippen molar-refractivity contribution < 1.29 is 9.84 Å². The van der Waals surface area contributed by atoms with Gasteiger partial charge < -0.3 is 9.84 Å². The van der Waals surface area contributed by atoms with Gasteiger partial charge in [0, 0.05) is 12.3 Å². The Morgan fingerprint density at radius 2 is 1.96 bits per heavy atom. The Kier molecular flexibility index (Phi) is 4.73. The predicted molar refractivity (Wildman–Crippen MR) is 85.2 cm³/mol. The molecule has 0 unspecified atom stereocenters. The van der Waals surface area contributed by atoms with Gasteiger partial charge in [0.15, 0.2) is 0 Å². The molecular formula is C17H20N2O4. The Labute approximate surface area is 133 Å². The quantitative estimate of drug-likeness (QED) is 0.888. The lowest BCUT2D eigenvalue weighted by atomic mass is 9.90. The first kappa shape index (κ1) is 15.7. The van der Waals surface area contributed by atoms with Crippen molar-refractivity contribution in [2.75, 3.05) is 0 Å². The van der Waals surface area contributed by atoms with Crippen LogP contribution in [0, 0.1) is 0 Å². The maximum Gasteiger partial charge on any atom is 0.328 e. The first-order valence-electron chi connectivity index (χ1n) is 7.78. The maximum atomic E-state index is 11.9. The van der Waals surface area contributed by atoms with Gasteiger partial charge in [-0.2, -0.15) is 0 Å². The summed E-state index contributed by atoms with van der Waals surface area (Å²) >= 11 is 0. The van der Waals surface area contributed by atoms with Crippen molar-refractivity contribution in [2.24, 2.45) is 0 Å². The largest absolute Gasteiger partial charge is 0.391 e. The third-order valence-corrected chi connectivity index (χ3v) is 4.27. The van der Waals surface area contributed by atoms with Crippen LogP contribution in [0.5, 0.6) is 0 Å². The van der Waals surface area contributed by atoms with E-state index in [1.54, 1.807) is 0 Å². The zero-order valence-electron chi connectivity index (χ0n) is 12.7. The molecular weight excluding hydrogens is 296 g/mol. The van der Waals surface area contributed by atoms with Crippen LogP contribution in [0.1, 0.15) is 30.9 Å². The van der Waals surface area contributed by atoms with E-state index in [0.29, 0.717) is 19.4 Å². The zero-order chi connectivity index (χ0) is 16.2. The van der Waals surface area contributed by atoms with Gasteiger partial charge in [0.1, 0.15) is 0 Å². The van der Waals surface area contributed by atoms with Gasteiger partial charge in [0.05, 0.1) is 24.9 Å². The lowest BCUT2D eigenvalue weighted by molar-refractivity contribution is -0.0373. The van der Waals surface area contributed by atoms with E-state index in [4.69, 9.17) is 4.74 Å². The molecule has 1 heterocycles. The molecule has 1 saturated carbocycles. The number of aliphatic hydroxyl groups excluding tert-OH is 1. The molecule has 0 aliphatic heterocycles. The van der Waals surface area contributed by atoms with E-state index < -0.39 is 17.4 Å². The third-order valence-electron chi connectivity index (χ3n) is 4.27. The number of aliphatic hydroxyl groups is 1. The van der Waals surface area contributed by atoms with Crippen molar-refractivity contribution in [1.29, 1.82) is 0 Å². The number of aromatic amines is 1. The van der Waals surface area contributed by atoms with Crippen LogP contribution in [-0.4, -0.2) is 26.9 Å². The number of rotatable bonds is 4. The predicted octanol–water partition coefficient (Wildman–Crippen LogP) is 1.21.